The molecule has 0 bridgehead atoms. The monoisotopic (exact) mass is 272 g/mol. The zero-order valence-corrected chi connectivity index (χ0v) is 10.9. The molecular weight excluding hydrogens is 259 g/mol. The molecule has 1 aliphatic rings. The number of aryl methyl sites for hydroxylation is 1. The number of esters is 1. The third-order valence-corrected chi connectivity index (χ3v) is 3.14. The van der Waals surface area contributed by atoms with Gasteiger partial charge in [-0.05, 0) is 42.8 Å². The molecule has 1 N–H and O–H groups in total. The van der Waals surface area contributed by atoms with Crippen LogP contribution in [0.5, 0.6) is 0 Å². The fourth-order valence-corrected chi connectivity index (χ4v) is 2.25. The van der Waals surface area contributed by atoms with Gasteiger partial charge in [-0.25, -0.2) is 14.2 Å². The lowest BCUT2D eigenvalue weighted by Crippen LogP contribution is -2.20. The molecule has 102 valence electrons. The minimum atomic E-state index is -0.372. The summed E-state index contributed by atoms with van der Waals surface area (Å²) in [5, 5.41) is 3.05. The van der Waals surface area contributed by atoms with Crippen LogP contribution in [0.3, 0.4) is 0 Å². The highest BCUT2D eigenvalue weighted by Crippen LogP contribution is 2.27. The molecule has 0 radical (unpaired) electrons. The number of rotatable bonds is 2. The number of ether oxygens (including phenoxy) is 1. The Balaban J connectivity index is 2.02. The van der Waals surface area contributed by atoms with Crippen LogP contribution in [0.15, 0.2) is 30.3 Å². The van der Waals surface area contributed by atoms with Crippen LogP contribution in [0.1, 0.15) is 21.6 Å². The Morgan fingerprint density at radius 1 is 1.30 bits per heavy atom. The van der Waals surface area contributed by atoms with Crippen LogP contribution in [0.4, 0.5) is 15.9 Å². The minimum Gasteiger partial charge on any atom is -0.462 e. The van der Waals surface area contributed by atoms with Gasteiger partial charge in [-0.3, -0.25) is 0 Å². The number of hydrogen-bond acceptors (Lipinski definition) is 4. The molecule has 1 aliphatic heterocycles. The first kappa shape index (κ1) is 12.6. The second-order valence-corrected chi connectivity index (χ2v) is 4.66. The number of carbonyl (C=O) groups excluding carboxylic acids is 1. The summed E-state index contributed by atoms with van der Waals surface area (Å²) in [6, 6.07) is 7.79. The van der Waals surface area contributed by atoms with Gasteiger partial charge in [0.25, 0.3) is 0 Å². The van der Waals surface area contributed by atoms with Gasteiger partial charge in [0.2, 0.25) is 0 Å². The van der Waals surface area contributed by atoms with Crippen molar-refractivity contribution in [2.24, 2.45) is 0 Å². The number of fused-ring (bicyclic) bond motifs is 1. The van der Waals surface area contributed by atoms with E-state index in [9.17, 15) is 9.18 Å². The van der Waals surface area contributed by atoms with E-state index < -0.39 is 0 Å². The molecular formula is C15H13FN2O2. The molecule has 0 amide bonds. The molecule has 5 heteroatoms. The summed E-state index contributed by atoms with van der Waals surface area (Å²) in [7, 11) is 0. The molecule has 1 aromatic heterocycles. The first-order chi connectivity index (χ1) is 9.63. The predicted octanol–water partition coefficient (Wildman–Crippen LogP) is 2.99. The lowest BCUT2D eigenvalue weighted by Gasteiger charge is -2.19. The number of nitrogens with zero attached hydrogens (tertiary/aromatic N) is 1. The molecule has 2 aromatic rings. The molecule has 20 heavy (non-hydrogen) atoms. The fourth-order valence-electron chi connectivity index (χ4n) is 2.25. The summed E-state index contributed by atoms with van der Waals surface area (Å²) in [5.41, 5.74) is 2.89. The molecule has 2 heterocycles. The van der Waals surface area contributed by atoms with Gasteiger partial charge in [0.1, 0.15) is 17.2 Å². The Morgan fingerprint density at radius 3 is 2.80 bits per heavy atom. The molecule has 3 rings (SSSR count). The number of anilines is 2. The van der Waals surface area contributed by atoms with Crippen molar-refractivity contribution >= 4 is 17.5 Å². The van der Waals surface area contributed by atoms with Crippen molar-refractivity contribution in [3.63, 3.8) is 0 Å². The van der Waals surface area contributed by atoms with Gasteiger partial charge < -0.3 is 10.1 Å². The largest absolute Gasteiger partial charge is 0.462 e. The Hall–Kier alpha value is -2.43. The van der Waals surface area contributed by atoms with Crippen molar-refractivity contribution in [3.8, 4) is 0 Å². The highest BCUT2D eigenvalue weighted by Gasteiger charge is 2.24. The summed E-state index contributed by atoms with van der Waals surface area (Å²) >= 11 is 0. The summed E-state index contributed by atoms with van der Waals surface area (Å²) in [6.45, 7) is 2.27. The quantitative estimate of drug-likeness (QED) is 0.854. The molecule has 0 saturated carbocycles. The molecule has 0 unspecified atom stereocenters. The van der Waals surface area contributed by atoms with Gasteiger partial charge in [0.15, 0.2) is 0 Å². The van der Waals surface area contributed by atoms with Crippen molar-refractivity contribution in [2.45, 2.75) is 13.3 Å². The van der Waals surface area contributed by atoms with E-state index >= 15 is 0 Å². The predicted molar refractivity (Wildman–Crippen MR) is 72.6 cm³/mol. The molecule has 0 fully saturated rings. The number of hydrogen-bond donors (Lipinski definition) is 1. The van der Waals surface area contributed by atoms with Crippen molar-refractivity contribution in [1.82, 2.24) is 4.98 Å². The Kier molecular flexibility index (Phi) is 3.10. The van der Waals surface area contributed by atoms with E-state index in [1.54, 1.807) is 12.1 Å². The van der Waals surface area contributed by atoms with E-state index in [0.29, 0.717) is 30.1 Å². The third kappa shape index (κ3) is 2.34. The average Bonchev–Trinajstić information content (AvgIpc) is 2.41. The van der Waals surface area contributed by atoms with Crippen LogP contribution in [0.2, 0.25) is 0 Å². The van der Waals surface area contributed by atoms with E-state index in [2.05, 4.69) is 10.3 Å². The summed E-state index contributed by atoms with van der Waals surface area (Å²) in [4.78, 5) is 16.2. The van der Waals surface area contributed by atoms with E-state index in [1.165, 1.54) is 12.1 Å². The fraction of sp³-hybridized carbons (Fsp3) is 0.200. The number of halogens is 1. The van der Waals surface area contributed by atoms with Crippen molar-refractivity contribution < 1.29 is 13.9 Å². The number of nitrogens with one attached hydrogen (secondary N) is 1. The Labute approximate surface area is 115 Å². The molecule has 0 aliphatic carbocycles. The molecule has 0 atom stereocenters. The van der Waals surface area contributed by atoms with E-state index in [4.69, 9.17) is 4.74 Å². The van der Waals surface area contributed by atoms with Crippen molar-refractivity contribution in [1.29, 1.82) is 0 Å². The number of aromatic nitrogens is 1. The maximum atomic E-state index is 12.9. The SMILES string of the molecule is Cc1cc2c(c(Nc3ccc(F)cc3)n1)C(=O)OCC2. The summed E-state index contributed by atoms with van der Waals surface area (Å²) in [6.07, 6.45) is 0.683. The number of benzene rings is 1. The normalized spacial score (nSPS) is 13.6. The highest BCUT2D eigenvalue weighted by atomic mass is 19.1. The van der Waals surface area contributed by atoms with Gasteiger partial charge in [-0.1, -0.05) is 0 Å². The van der Waals surface area contributed by atoms with Gasteiger partial charge >= 0.3 is 5.97 Å². The molecule has 0 saturated heterocycles. The van der Waals surface area contributed by atoms with Crippen LogP contribution >= 0.6 is 0 Å². The molecule has 1 aromatic carbocycles. The molecule has 4 nitrogen and oxygen atoms in total. The van der Waals surface area contributed by atoms with Crippen LogP contribution < -0.4 is 5.32 Å². The first-order valence-electron chi connectivity index (χ1n) is 6.34. The zero-order valence-electron chi connectivity index (χ0n) is 10.9. The second kappa shape index (κ2) is 4.92. The lowest BCUT2D eigenvalue weighted by molar-refractivity contribution is 0.0481. The van der Waals surface area contributed by atoms with Crippen LogP contribution in [-0.4, -0.2) is 17.6 Å². The minimum absolute atomic E-state index is 0.311. The maximum Gasteiger partial charge on any atom is 0.342 e. The van der Waals surface area contributed by atoms with E-state index in [1.807, 2.05) is 13.0 Å². The van der Waals surface area contributed by atoms with Crippen molar-refractivity contribution in [3.05, 3.63) is 53.0 Å². The number of cyclic esters (lactones) is 1. The van der Waals surface area contributed by atoms with E-state index in [-0.39, 0.29) is 11.8 Å². The van der Waals surface area contributed by atoms with Gasteiger partial charge in [-0.15, -0.1) is 0 Å². The topological polar surface area (TPSA) is 51.2 Å². The number of carbonyl (C=O) groups is 1. The highest BCUT2D eigenvalue weighted by molar-refractivity contribution is 5.97. The van der Waals surface area contributed by atoms with Crippen LogP contribution in [-0.2, 0) is 11.2 Å². The maximum absolute atomic E-state index is 12.9. The number of pyridine rings is 1. The van der Waals surface area contributed by atoms with Gasteiger partial charge in [0, 0.05) is 17.8 Å². The summed E-state index contributed by atoms with van der Waals surface area (Å²) < 4.78 is 18.0. The summed E-state index contributed by atoms with van der Waals surface area (Å²) in [5.74, 6) is -0.228. The zero-order chi connectivity index (χ0) is 14.1. The van der Waals surface area contributed by atoms with Crippen LogP contribution in [0.25, 0.3) is 0 Å². The lowest BCUT2D eigenvalue weighted by atomic mass is 10.0. The smallest absolute Gasteiger partial charge is 0.342 e. The van der Waals surface area contributed by atoms with Gasteiger partial charge in [-0.2, -0.15) is 0 Å². The van der Waals surface area contributed by atoms with Gasteiger partial charge in [0.05, 0.1) is 6.61 Å². The van der Waals surface area contributed by atoms with Crippen LogP contribution in [0, 0.1) is 12.7 Å². The average molecular weight is 272 g/mol. The molecule has 0 spiro atoms. The standard InChI is InChI=1S/C15H13FN2O2/c1-9-8-10-6-7-20-15(19)13(10)14(17-9)18-12-4-2-11(16)3-5-12/h2-5,8H,6-7H2,1H3,(H,17,18). The van der Waals surface area contributed by atoms with Crippen molar-refractivity contribution in [2.75, 3.05) is 11.9 Å². The first-order valence-corrected chi connectivity index (χ1v) is 6.34. The van der Waals surface area contributed by atoms with E-state index in [0.717, 1.165) is 11.3 Å². The second-order valence-electron chi connectivity index (χ2n) is 4.66. The Bertz CT molecular complexity index is 668. The Morgan fingerprint density at radius 2 is 2.05 bits per heavy atom. The third-order valence-electron chi connectivity index (χ3n) is 3.14.